The molecule has 1 aliphatic carbocycles. The van der Waals surface area contributed by atoms with Crippen molar-refractivity contribution in [2.75, 3.05) is 0 Å². The van der Waals surface area contributed by atoms with Crippen molar-refractivity contribution >= 4 is 11.8 Å². The molecular formula is C11H14N2O3. The van der Waals surface area contributed by atoms with Gasteiger partial charge in [-0.25, -0.2) is 0 Å². The van der Waals surface area contributed by atoms with Gasteiger partial charge in [0, 0.05) is 5.92 Å². The van der Waals surface area contributed by atoms with Gasteiger partial charge in [-0.05, 0) is 25.8 Å². The van der Waals surface area contributed by atoms with Crippen molar-refractivity contribution in [3.63, 3.8) is 0 Å². The Balaban J connectivity index is 1.84. The molecule has 1 fully saturated rings. The molecule has 16 heavy (non-hydrogen) atoms. The zero-order valence-electron chi connectivity index (χ0n) is 9.08. The van der Waals surface area contributed by atoms with E-state index in [4.69, 9.17) is 4.42 Å². The summed E-state index contributed by atoms with van der Waals surface area (Å²) in [7, 11) is 0. The summed E-state index contributed by atoms with van der Waals surface area (Å²) in [4.78, 5) is 23.0. The summed E-state index contributed by atoms with van der Waals surface area (Å²) in [6.45, 7) is 1.70. The molecule has 0 aromatic carbocycles. The van der Waals surface area contributed by atoms with Gasteiger partial charge in [-0.2, -0.15) is 0 Å². The van der Waals surface area contributed by atoms with E-state index in [0.717, 1.165) is 19.3 Å². The van der Waals surface area contributed by atoms with Gasteiger partial charge in [0.15, 0.2) is 0 Å². The molecule has 86 valence electrons. The van der Waals surface area contributed by atoms with Gasteiger partial charge in [0.05, 0.1) is 11.8 Å². The highest BCUT2D eigenvalue weighted by Gasteiger charge is 2.25. The molecule has 0 radical (unpaired) electrons. The third-order valence-electron chi connectivity index (χ3n) is 2.88. The third-order valence-corrected chi connectivity index (χ3v) is 2.88. The third kappa shape index (κ3) is 2.08. The van der Waals surface area contributed by atoms with E-state index in [9.17, 15) is 9.59 Å². The number of furan rings is 1. The van der Waals surface area contributed by atoms with Crippen molar-refractivity contribution < 1.29 is 14.0 Å². The van der Waals surface area contributed by atoms with Crippen LogP contribution in [-0.4, -0.2) is 11.8 Å². The fourth-order valence-electron chi connectivity index (χ4n) is 1.58. The Labute approximate surface area is 93.2 Å². The smallest absolute Gasteiger partial charge is 0.273 e. The molecule has 1 aromatic heterocycles. The van der Waals surface area contributed by atoms with Crippen LogP contribution < -0.4 is 10.9 Å². The number of hydrogen-bond acceptors (Lipinski definition) is 3. The van der Waals surface area contributed by atoms with Crippen molar-refractivity contribution in [1.29, 1.82) is 0 Å². The van der Waals surface area contributed by atoms with E-state index in [1.807, 2.05) is 0 Å². The largest absolute Gasteiger partial charge is 0.469 e. The molecule has 1 aromatic rings. The van der Waals surface area contributed by atoms with Crippen molar-refractivity contribution in [1.82, 2.24) is 10.9 Å². The maximum Gasteiger partial charge on any atom is 0.273 e. The van der Waals surface area contributed by atoms with Crippen LogP contribution in [0.5, 0.6) is 0 Å². The maximum absolute atomic E-state index is 11.6. The first kappa shape index (κ1) is 10.7. The van der Waals surface area contributed by atoms with Crippen LogP contribution >= 0.6 is 0 Å². The average Bonchev–Trinajstić information content (AvgIpc) is 2.58. The first-order valence-corrected chi connectivity index (χ1v) is 5.33. The van der Waals surface area contributed by atoms with E-state index in [0.29, 0.717) is 11.3 Å². The molecule has 0 aliphatic heterocycles. The summed E-state index contributed by atoms with van der Waals surface area (Å²) in [5, 5.41) is 0. The van der Waals surface area contributed by atoms with Gasteiger partial charge in [-0.3, -0.25) is 20.4 Å². The van der Waals surface area contributed by atoms with Gasteiger partial charge >= 0.3 is 0 Å². The Kier molecular flexibility index (Phi) is 2.94. The lowest BCUT2D eigenvalue weighted by Crippen LogP contribution is -2.46. The van der Waals surface area contributed by atoms with E-state index in [1.54, 1.807) is 13.0 Å². The normalized spacial score (nSPS) is 15.3. The number of rotatable bonds is 2. The monoisotopic (exact) mass is 222 g/mol. The maximum atomic E-state index is 11.6. The number of hydrogen-bond donors (Lipinski definition) is 2. The van der Waals surface area contributed by atoms with Gasteiger partial charge in [-0.1, -0.05) is 6.42 Å². The Morgan fingerprint density at radius 3 is 2.62 bits per heavy atom. The van der Waals surface area contributed by atoms with Crippen LogP contribution in [0, 0.1) is 12.8 Å². The second-order valence-corrected chi connectivity index (χ2v) is 3.96. The fourth-order valence-corrected chi connectivity index (χ4v) is 1.58. The number of aryl methyl sites for hydroxylation is 1. The summed E-state index contributed by atoms with van der Waals surface area (Å²) < 4.78 is 5.00. The lowest BCUT2D eigenvalue weighted by Gasteiger charge is -2.23. The Hall–Kier alpha value is -1.78. The molecule has 0 saturated heterocycles. The second kappa shape index (κ2) is 4.38. The summed E-state index contributed by atoms with van der Waals surface area (Å²) in [6, 6.07) is 1.57. The highest BCUT2D eigenvalue weighted by atomic mass is 16.3. The quantitative estimate of drug-likeness (QED) is 0.737. The van der Waals surface area contributed by atoms with Gasteiger partial charge in [0.25, 0.3) is 5.91 Å². The number of carbonyl (C=O) groups excluding carboxylic acids is 2. The summed E-state index contributed by atoms with van der Waals surface area (Å²) >= 11 is 0. The average molecular weight is 222 g/mol. The summed E-state index contributed by atoms with van der Waals surface area (Å²) in [5.41, 5.74) is 5.23. The van der Waals surface area contributed by atoms with Crippen LogP contribution in [0.25, 0.3) is 0 Å². The standard InChI is InChI=1S/C11H14N2O3/c1-7-9(5-6-16-7)11(15)13-12-10(14)8-3-2-4-8/h5-6,8H,2-4H2,1H3,(H,12,14)(H,13,15). The minimum atomic E-state index is -0.348. The van der Waals surface area contributed by atoms with Crippen LogP contribution in [0.1, 0.15) is 35.4 Å². The first-order valence-electron chi connectivity index (χ1n) is 5.33. The second-order valence-electron chi connectivity index (χ2n) is 3.96. The highest BCUT2D eigenvalue weighted by Crippen LogP contribution is 2.25. The minimum absolute atomic E-state index is 0.0609. The molecule has 5 nitrogen and oxygen atoms in total. The van der Waals surface area contributed by atoms with E-state index < -0.39 is 0 Å². The molecule has 0 atom stereocenters. The molecule has 2 amide bonds. The van der Waals surface area contributed by atoms with Gasteiger partial charge in [0.1, 0.15) is 5.76 Å². The van der Waals surface area contributed by atoms with E-state index in [1.165, 1.54) is 6.26 Å². The molecule has 0 unspecified atom stereocenters. The lowest BCUT2D eigenvalue weighted by atomic mass is 9.85. The summed E-state index contributed by atoms with van der Waals surface area (Å²) in [6.07, 6.45) is 4.35. The van der Waals surface area contributed by atoms with Crippen molar-refractivity contribution in [3.05, 3.63) is 23.7 Å². The number of hydrazine groups is 1. The van der Waals surface area contributed by atoms with Crippen LogP contribution in [-0.2, 0) is 4.79 Å². The van der Waals surface area contributed by atoms with Gasteiger partial charge in [-0.15, -0.1) is 0 Å². The zero-order chi connectivity index (χ0) is 11.5. The van der Waals surface area contributed by atoms with Crippen LogP contribution in [0.15, 0.2) is 16.7 Å². The predicted octanol–water partition coefficient (Wildman–Crippen LogP) is 1.15. The number of amides is 2. The topological polar surface area (TPSA) is 71.3 Å². The van der Waals surface area contributed by atoms with E-state index in [-0.39, 0.29) is 17.7 Å². The number of carbonyl (C=O) groups is 2. The summed E-state index contributed by atoms with van der Waals surface area (Å²) in [5.74, 6) is 0.140. The van der Waals surface area contributed by atoms with Crippen LogP contribution in [0.3, 0.4) is 0 Å². The molecule has 1 heterocycles. The molecule has 5 heteroatoms. The SMILES string of the molecule is Cc1occc1C(=O)NNC(=O)C1CCC1. The molecule has 2 rings (SSSR count). The lowest BCUT2D eigenvalue weighted by molar-refractivity contribution is -0.128. The van der Waals surface area contributed by atoms with Crippen molar-refractivity contribution in [2.45, 2.75) is 26.2 Å². The Morgan fingerprint density at radius 1 is 1.38 bits per heavy atom. The highest BCUT2D eigenvalue weighted by molar-refractivity contribution is 5.96. The van der Waals surface area contributed by atoms with Crippen LogP contribution in [0.2, 0.25) is 0 Å². The Morgan fingerprint density at radius 2 is 2.12 bits per heavy atom. The van der Waals surface area contributed by atoms with Crippen LogP contribution in [0.4, 0.5) is 0 Å². The van der Waals surface area contributed by atoms with Crippen molar-refractivity contribution in [3.8, 4) is 0 Å². The first-order chi connectivity index (χ1) is 7.68. The van der Waals surface area contributed by atoms with Crippen molar-refractivity contribution in [2.24, 2.45) is 5.92 Å². The molecule has 0 spiro atoms. The Bertz CT molecular complexity index is 407. The molecule has 0 bridgehead atoms. The molecule has 1 saturated carbocycles. The van der Waals surface area contributed by atoms with Gasteiger partial charge < -0.3 is 4.42 Å². The fraction of sp³-hybridized carbons (Fsp3) is 0.455. The van der Waals surface area contributed by atoms with E-state index >= 15 is 0 Å². The minimum Gasteiger partial charge on any atom is -0.469 e. The molecule has 1 aliphatic rings. The zero-order valence-corrected chi connectivity index (χ0v) is 9.08. The molecular weight excluding hydrogens is 208 g/mol. The number of nitrogens with one attached hydrogen (secondary N) is 2. The predicted molar refractivity (Wildman–Crippen MR) is 56.4 cm³/mol. The van der Waals surface area contributed by atoms with E-state index in [2.05, 4.69) is 10.9 Å². The molecule has 2 N–H and O–H groups in total. The van der Waals surface area contributed by atoms with Gasteiger partial charge in [0.2, 0.25) is 5.91 Å².